The number of methoxy groups -OCH3 is 1. The van der Waals surface area contributed by atoms with Crippen LogP contribution >= 0.6 is 0 Å². The molecule has 0 aromatic heterocycles. The van der Waals surface area contributed by atoms with Gasteiger partial charge in [-0.05, 0) is 0 Å². The van der Waals surface area contributed by atoms with E-state index in [4.69, 9.17) is 5.11 Å². The maximum atomic E-state index is 12.0. The maximum absolute atomic E-state index is 12.0. The number of hydrogen-bond acceptors (Lipinski definition) is 7. The number of rotatable bonds is 8. The number of nitrogens with one attached hydrogen (secondary N) is 2. The minimum Gasteiger partial charge on any atom is -0.481 e. The van der Waals surface area contributed by atoms with E-state index in [9.17, 15) is 24.0 Å². The van der Waals surface area contributed by atoms with E-state index in [-0.39, 0.29) is 0 Å². The third kappa shape index (κ3) is 7.82. The molecule has 10 nitrogen and oxygen atoms in total. The third-order valence-corrected chi connectivity index (χ3v) is 2.33. The highest BCUT2D eigenvalue weighted by atomic mass is 16.5. The lowest BCUT2D eigenvalue weighted by molar-refractivity contribution is -0.151. The molecule has 0 saturated heterocycles. The Morgan fingerprint density at radius 2 is 1.64 bits per heavy atom. The van der Waals surface area contributed by atoms with Gasteiger partial charge in [-0.2, -0.15) is 0 Å². The van der Waals surface area contributed by atoms with Crippen molar-refractivity contribution >= 4 is 29.7 Å². The molecule has 10 heteroatoms. The Labute approximate surface area is 126 Å². The minimum absolute atomic E-state index is 0.479. The van der Waals surface area contributed by atoms with Gasteiger partial charge in [-0.15, -0.1) is 0 Å². The molecule has 0 bridgehead atoms. The molecule has 0 aromatic rings. The molecule has 0 aliphatic carbocycles. The van der Waals surface area contributed by atoms with E-state index < -0.39 is 54.8 Å². The van der Waals surface area contributed by atoms with Crippen LogP contribution in [0.2, 0.25) is 0 Å². The van der Waals surface area contributed by atoms with E-state index in [2.05, 4.69) is 20.1 Å². The molecule has 22 heavy (non-hydrogen) atoms. The zero-order valence-electron chi connectivity index (χ0n) is 12.4. The Morgan fingerprint density at radius 1 is 1.05 bits per heavy atom. The standard InChI is InChI=1S/C12H18N2O8/c1-6(15)13-8(4-10(17)18)11(19)14-9(12(20)21-3)5-22-7(2)16/h8-9H,4-5H2,1-3H3,(H,13,15)(H,14,19)(H,17,18)/t8-,9-/m0/s1. The molecule has 0 unspecified atom stereocenters. The van der Waals surface area contributed by atoms with Crippen LogP contribution in [0.15, 0.2) is 0 Å². The number of amides is 2. The first-order valence-electron chi connectivity index (χ1n) is 6.17. The summed E-state index contributed by atoms with van der Waals surface area (Å²) in [5, 5.41) is 13.0. The van der Waals surface area contributed by atoms with Crippen molar-refractivity contribution < 1.29 is 38.6 Å². The van der Waals surface area contributed by atoms with Crippen molar-refractivity contribution in [2.24, 2.45) is 0 Å². The smallest absolute Gasteiger partial charge is 0.331 e. The van der Waals surface area contributed by atoms with Gasteiger partial charge in [-0.25, -0.2) is 4.79 Å². The van der Waals surface area contributed by atoms with E-state index >= 15 is 0 Å². The second-order valence-electron chi connectivity index (χ2n) is 4.24. The molecule has 124 valence electrons. The lowest BCUT2D eigenvalue weighted by atomic mass is 10.1. The van der Waals surface area contributed by atoms with Crippen LogP contribution in [-0.2, 0) is 33.4 Å². The number of hydrogen-bond donors (Lipinski definition) is 3. The Bertz CT molecular complexity index is 446. The lowest BCUT2D eigenvalue weighted by Gasteiger charge is -2.20. The minimum atomic E-state index is -1.38. The van der Waals surface area contributed by atoms with E-state index in [1.54, 1.807) is 0 Å². The fourth-order valence-electron chi connectivity index (χ4n) is 1.41. The highest BCUT2D eigenvalue weighted by molar-refractivity contribution is 5.92. The SMILES string of the molecule is COC(=O)[C@H](COC(C)=O)NC(=O)[C@H](CC(=O)O)NC(C)=O. The van der Waals surface area contributed by atoms with Crippen molar-refractivity contribution in [1.82, 2.24) is 10.6 Å². The number of ether oxygens (including phenoxy) is 2. The molecule has 0 aromatic carbocycles. The average Bonchev–Trinajstić information content (AvgIpc) is 2.40. The van der Waals surface area contributed by atoms with Crippen LogP contribution in [-0.4, -0.2) is 60.6 Å². The van der Waals surface area contributed by atoms with Gasteiger partial charge in [0.05, 0.1) is 13.5 Å². The van der Waals surface area contributed by atoms with Crippen molar-refractivity contribution in [3.05, 3.63) is 0 Å². The Balaban J connectivity index is 4.92. The fraction of sp³-hybridized carbons (Fsp3) is 0.583. The van der Waals surface area contributed by atoms with Gasteiger partial charge >= 0.3 is 17.9 Å². The molecule has 0 fully saturated rings. The van der Waals surface area contributed by atoms with Crippen LogP contribution in [0.3, 0.4) is 0 Å². The molecule has 0 aliphatic rings. The third-order valence-electron chi connectivity index (χ3n) is 2.33. The first kappa shape index (κ1) is 19.4. The number of carbonyl (C=O) groups is 5. The van der Waals surface area contributed by atoms with Crippen molar-refractivity contribution in [2.75, 3.05) is 13.7 Å². The first-order valence-corrected chi connectivity index (χ1v) is 6.17. The second kappa shape index (κ2) is 9.32. The summed E-state index contributed by atoms with van der Waals surface area (Å²) in [5.74, 6) is -4.40. The Morgan fingerprint density at radius 3 is 2.05 bits per heavy atom. The van der Waals surface area contributed by atoms with Gasteiger partial charge in [0.15, 0.2) is 6.04 Å². The summed E-state index contributed by atoms with van der Waals surface area (Å²) in [6, 6.07) is -2.69. The quantitative estimate of drug-likeness (QED) is 0.443. The van der Waals surface area contributed by atoms with Gasteiger partial charge < -0.3 is 25.2 Å². The van der Waals surface area contributed by atoms with Crippen molar-refractivity contribution in [3.8, 4) is 0 Å². The molecule has 0 rings (SSSR count). The van der Waals surface area contributed by atoms with E-state index in [0.29, 0.717) is 0 Å². The largest absolute Gasteiger partial charge is 0.481 e. The van der Waals surface area contributed by atoms with Gasteiger partial charge in [-0.1, -0.05) is 0 Å². The fourth-order valence-corrected chi connectivity index (χ4v) is 1.41. The first-order chi connectivity index (χ1) is 10.2. The average molecular weight is 318 g/mol. The summed E-state index contributed by atoms with van der Waals surface area (Å²) in [4.78, 5) is 55.9. The summed E-state index contributed by atoms with van der Waals surface area (Å²) >= 11 is 0. The van der Waals surface area contributed by atoms with E-state index in [1.807, 2.05) is 0 Å². The highest BCUT2D eigenvalue weighted by Crippen LogP contribution is 1.97. The van der Waals surface area contributed by atoms with E-state index in [1.165, 1.54) is 0 Å². The van der Waals surface area contributed by atoms with Gasteiger partial charge in [0.2, 0.25) is 11.8 Å². The monoisotopic (exact) mass is 318 g/mol. The van der Waals surface area contributed by atoms with Crippen molar-refractivity contribution in [2.45, 2.75) is 32.4 Å². The van der Waals surface area contributed by atoms with Crippen LogP contribution in [0.4, 0.5) is 0 Å². The molecule has 0 saturated carbocycles. The number of aliphatic carboxylic acids is 1. The number of carboxylic acid groups (broad SMARTS) is 1. The number of carboxylic acids is 1. The molecule has 2 atom stereocenters. The Kier molecular flexibility index (Phi) is 8.19. The molecular weight excluding hydrogens is 300 g/mol. The summed E-state index contributed by atoms with van der Waals surface area (Å²) in [5.41, 5.74) is 0. The molecule has 2 amide bonds. The van der Waals surface area contributed by atoms with Crippen LogP contribution < -0.4 is 10.6 Å². The van der Waals surface area contributed by atoms with Gasteiger partial charge in [0, 0.05) is 13.8 Å². The molecule has 0 aliphatic heterocycles. The molecule has 0 spiro atoms. The summed E-state index contributed by atoms with van der Waals surface area (Å²) in [6.45, 7) is 1.74. The van der Waals surface area contributed by atoms with Crippen LogP contribution in [0, 0.1) is 0 Å². The van der Waals surface area contributed by atoms with E-state index in [0.717, 1.165) is 21.0 Å². The zero-order chi connectivity index (χ0) is 17.3. The van der Waals surface area contributed by atoms with Gasteiger partial charge in [0.1, 0.15) is 12.6 Å². The molecule has 0 heterocycles. The van der Waals surface area contributed by atoms with Crippen molar-refractivity contribution in [3.63, 3.8) is 0 Å². The topological polar surface area (TPSA) is 148 Å². The highest BCUT2D eigenvalue weighted by Gasteiger charge is 2.29. The van der Waals surface area contributed by atoms with Crippen LogP contribution in [0.25, 0.3) is 0 Å². The van der Waals surface area contributed by atoms with Crippen LogP contribution in [0.1, 0.15) is 20.3 Å². The predicted molar refractivity (Wildman–Crippen MR) is 70.4 cm³/mol. The molecule has 0 radical (unpaired) electrons. The lowest BCUT2D eigenvalue weighted by Crippen LogP contribution is -2.53. The van der Waals surface area contributed by atoms with Gasteiger partial charge in [0.25, 0.3) is 0 Å². The van der Waals surface area contributed by atoms with Crippen molar-refractivity contribution in [1.29, 1.82) is 0 Å². The van der Waals surface area contributed by atoms with Crippen LogP contribution in [0.5, 0.6) is 0 Å². The number of carbonyl (C=O) groups excluding carboxylic acids is 4. The van der Waals surface area contributed by atoms with Gasteiger partial charge in [-0.3, -0.25) is 19.2 Å². The summed E-state index contributed by atoms with van der Waals surface area (Å²) < 4.78 is 9.05. The molecule has 3 N–H and O–H groups in total. The molecular formula is C12H18N2O8. The maximum Gasteiger partial charge on any atom is 0.331 e. The predicted octanol–water partition coefficient (Wildman–Crippen LogP) is -1.81. The summed E-state index contributed by atoms with van der Waals surface area (Å²) in [7, 11) is 1.07. The normalized spacial score (nSPS) is 12.5. The zero-order valence-corrected chi connectivity index (χ0v) is 12.4. The second-order valence-corrected chi connectivity index (χ2v) is 4.24. The summed E-state index contributed by atoms with van der Waals surface area (Å²) in [6.07, 6.45) is -0.674. The Hall–Kier alpha value is -2.65. The number of esters is 2.